The third kappa shape index (κ3) is 1.88. The Morgan fingerprint density at radius 2 is 2.36 bits per heavy atom. The summed E-state index contributed by atoms with van der Waals surface area (Å²) in [5.41, 5.74) is 1.01. The first-order chi connectivity index (χ1) is 6.86. The Kier molecular flexibility index (Phi) is 2.40. The normalized spacial score (nSPS) is 17.3. The van der Waals surface area contributed by atoms with Gasteiger partial charge in [0.25, 0.3) is 0 Å². The largest absolute Gasteiger partial charge is 0.458 e. The van der Waals surface area contributed by atoms with E-state index in [4.69, 9.17) is 4.74 Å². The topological polar surface area (TPSA) is 34.5 Å². The lowest BCUT2D eigenvalue weighted by molar-refractivity contribution is 0.442. The van der Waals surface area contributed by atoms with Crippen LogP contribution >= 0.6 is 0 Å². The number of aliphatic imine (C=N–C) groups is 1. The van der Waals surface area contributed by atoms with Gasteiger partial charge in [-0.3, -0.25) is 9.98 Å². The van der Waals surface area contributed by atoms with Crippen LogP contribution in [0.4, 0.5) is 0 Å². The predicted molar refractivity (Wildman–Crippen MR) is 55.3 cm³/mol. The van der Waals surface area contributed by atoms with Gasteiger partial charge in [-0.05, 0) is 12.1 Å². The van der Waals surface area contributed by atoms with Gasteiger partial charge >= 0.3 is 0 Å². The lowest BCUT2D eigenvalue weighted by Crippen LogP contribution is -1.95. The van der Waals surface area contributed by atoms with Crippen LogP contribution in [0.3, 0.4) is 0 Å². The number of aromatic nitrogens is 1. The molecule has 70 valence electrons. The fourth-order valence-corrected chi connectivity index (χ4v) is 1.18. The average molecular weight is 186 g/mol. The van der Waals surface area contributed by atoms with Gasteiger partial charge in [0.2, 0.25) is 0 Å². The van der Waals surface area contributed by atoms with E-state index < -0.39 is 0 Å². The Bertz CT molecular complexity index is 408. The summed E-state index contributed by atoms with van der Waals surface area (Å²) in [5, 5.41) is 0. The zero-order valence-electron chi connectivity index (χ0n) is 7.68. The molecule has 0 aromatic carbocycles. The number of hydrogen-bond donors (Lipinski definition) is 0. The molecule has 0 amide bonds. The number of fused-ring (bicyclic) bond motifs is 1. The van der Waals surface area contributed by atoms with Gasteiger partial charge < -0.3 is 4.74 Å². The monoisotopic (exact) mass is 186 g/mol. The summed E-state index contributed by atoms with van der Waals surface area (Å²) in [6.45, 7) is 3.75. The second-order valence-corrected chi connectivity index (χ2v) is 2.90. The summed E-state index contributed by atoms with van der Waals surface area (Å²) in [6.07, 6.45) is 9.41. The maximum atomic E-state index is 5.52. The first kappa shape index (κ1) is 8.69. The van der Waals surface area contributed by atoms with E-state index in [-0.39, 0.29) is 0 Å². The Labute approximate surface area is 82.5 Å². The van der Waals surface area contributed by atoms with Crippen LogP contribution in [0, 0.1) is 0 Å². The highest BCUT2D eigenvalue weighted by Gasteiger charge is 2.04. The molecule has 0 aliphatic carbocycles. The molecule has 14 heavy (non-hydrogen) atoms. The maximum absolute atomic E-state index is 5.52. The molecule has 1 aromatic heterocycles. The molecule has 0 radical (unpaired) electrons. The zero-order chi connectivity index (χ0) is 9.80. The minimum Gasteiger partial charge on any atom is -0.458 e. The van der Waals surface area contributed by atoms with Crippen LogP contribution in [0.1, 0.15) is 5.56 Å². The summed E-state index contributed by atoms with van der Waals surface area (Å²) < 4.78 is 5.52. The van der Waals surface area contributed by atoms with E-state index in [1.54, 1.807) is 24.7 Å². The van der Waals surface area contributed by atoms with Gasteiger partial charge in [0, 0.05) is 36.8 Å². The van der Waals surface area contributed by atoms with Gasteiger partial charge in [0.1, 0.15) is 11.5 Å². The average Bonchev–Trinajstić information content (AvgIpc) is 2.27. The molecule has 1 aromatic rings. The summed E-state index contributed by atoms with van der Waals surface area (Å²) in [7, 11) is 0. The molecule has 0 saturated heterocycles. The lowest BCUT2D eigenvalue weighted by atomic mass is 10.2. The Balaban J connectivity index is 2.39. The van der Waals surface area contributed by atoms with Crippen LogP contribution in [-0.4, -0.2) is 11.2 Å². The molecule has 0 bridgehead atoms. The quantitative estimate of drug-likeness (QED) is 0.622. The number of nitrogens with zero attached hydrogens (tertiary/aromatic N) is 2. The highest BCUT2D eigenvalue weighted by atomic mass is 16.5. The molecular formula is C11H10N2O. The zero-order valence-corrected chi connectivity index (χ0v) is 7.68. The van der Waals surface area contributed by atoms with Crippen LogP contribution in [0.15, 0.2) is 48.1 Å². The van der Waals surface area contributed by atoms with Crippen LogP contribution in [0.2, 0.25) is 0 Å². The molecule has 0 fully saturated rings. The first-order valence-corrected chi connectivity index (χ1v) is 4.34. The highest BCUT2D eigenvalue weighted by molar-refractivity contribution is 5.64. The number of rotatable bonds is 0. The van der Waals surface area contributed by atoms with Crippen molar-refractivity contribution in [3.63, 3.8) is 0 Å². The fraction of sp³-hybridized carbons (Fsp3) is 0.0909. The van der Waals surface area contributed by atoms with E-state index in [2.05, 4.69) is 16.6 Å². The van der Waals surface area contributed by atoms with E-state index in [1.165, 1.54) is 0 Å². The SMILES string of the molecule is C=C1/C=C\N=CCc2cnccc2O1. The third-order valence-electron chi connectivity index (χ3n) is 1.86. The van der Waals surface area contributed by atoms with E-state index in [1.807, 2.05) is 12.3 Å². The molecular weight excluding hydrogens is 176 g/mol. The van der Waals surface area contributed by atoms with Crippen molar-refractivity contribution in [3.8, 4) is 5.75 Å². The van der Waals surface area contributed by atoms with Crippen molar-refractivity contribution in [2.75, 3.05) is 0 Å². The number of ether oxygens (including phenoxy) is 1. The molecule has 1 aliphatic heterocycles. The van der Waals surface area contributed by atoms with Gasteiger partial charge in [0.15, 0.2) is 0 Å². The van der Waals surface area contributed by atoms with Gasteiger partial charge in [-0.1, -0.05) is 6.58 Å². The van der Waals surface area contributed by atoms with Crippen LogP contribution in [-0.2, 0) is 6.42 Å². The van der Waals surface area contributed by atoms with Crippen molar-refractivity contribution >= 4 is 6.21 Å². The van der Waals surface area contributed by atoms with Gasteiger partial charge in [-0.2, -0.15) is 0 Å². The minimum atomic E-state index is 0.580. The summed E-state index contributed by atoms with van der Waals surface area (Å²) >= 11 is 0. The summed E-state index contributed by atoms with van der Waals surface area (Å²) in [6, 6.07) is 1.83. The number of pyridine rings is 1. The Morgan fingerprint density at radius 1 is 1.43 bits per heavy atom. The summed E-state index contributed by atoms with van der Waals surface area (Å²) in [5.74, 6) is 1.37. The second-order valence-electron chi connectivity index (χ2n) is 2.90. The van der Waals surface area contributed by atoms with E-state index in [0.717, 1.165) is 17.7 Å². The lowest BCUT2D eigenvalue weighted by Gasteiger charge is -2.07. The van der Waals surface area contributed by atoms with Crippen molar-refractivity contribution in [3.05, 3.63) is 48.6 Å². The van der Waals surface area contributed by atoms with Gasteiger partial charge in [0.05, 0.1) is 0 Å². The van der Waals surface area contributed by atoms with Crippen molar-refractivity contribution in [2.24, 2.45) is 4.99 Å². The van der Waals surface area contributed by atoms with Crippen molar-refractivity contribution in [1.82, 2.24) is 4.98 Å². The maximum Gasteiger partial charge on any atom is 0.134 e. The Morgan fingerprint density at radius 3 is 3.29 bits per heavy atom. The van der Waals surface area contributed by atoms with Crippen molar-refractivity contribution in [2.45, 2.75) is 6.42 Å². The Hall–Kier alpha value is -1.90. The summed E-state index contributed by atoms with van der Waals surface area (Å²) in [4.78, 5) is 8.10. The molecule has 3 nitrogen and oxygen atoms in total. The van der Waals surface area contributed by atoms with Crippen molar-refractivity contribution in [1.29, 1.82) is 0 Å². The molecule has 0 unspecified atom stereocenters. The van der Waals surface area contributed by atoms with E-state index >= 15 is 0 Å². The van der Waals surface area contributed by atoms with Crippen LogP contribution in [0.5, 0.6) is 5.75 Å². The third-order valence-corrected chi connectivity index (χ3v) is 1.86. The van der Waals surface area contributed by atoms with E-state index in [9.17, 15) is 0 Å². The fourth-order valence-electron chi connectivity index (χ4n) is 1.18. The molecule has 0 N–H and O–H groups in total. The van der Waals surface area contributed by atoms with Gasteiger partial charge in [-0.15, -0.1) is 0 Å². The van der Waals surface area contributed by atoms with E-state index in [0.29, 0.717) is 5.76 Å². The molecule has 3 heteroatoms. The smallest absolute Gasteiger partial charge is 0.134 e. The molecule has 2 heterocycles. The first-order valence-electron chi connectivity index (χ1n) is 4.34. The van der Waals surface area contributed by atoms with Crippen LogP contribution in [0.25, 0.3) is 0 Å². The second kappa shape index (κ2) is 3.87. The van der Waals surface area contributed by atoms with Gasteiger partial charge in [-0.25, -0.2) is 0 Å². The highest BCUT2D eigenvalue weighted by Crippen LogP contribution is 2.19. The standard InChI is InChI=1S/C11H10N2O/c1-9-2-5-12-6-3-10-8-13-7-4-11(10)14-9/h2,4-8H,1,3H2/b5-2-,12-6?. The molecule has 1 aliphatic rings. The predicted octanol–water partition coefficient (Wildman–Crippen LogP) is 2.11. The minimum absolute atomic E-state index is 0.580. The van der Waals surface area contributed by atoms with Crippen LogP contribution < -0.4 is 4.74 Å². The number of allylic oxidation sites excluding steroid dienone is 1. The molecule has 0 spiro atoms. The molecule has 0 saturated carbocycles. The molecule has 2 rings (SSSR count). The number of hydrogen-bond acceptors (Lipinski definition) is 3. The molecule has 0 atom stereocenters. The van der Waals surface area contributed by atoms with Crippen molar-refractivity contribution < 1.29 is 4.74 Å².